The molecule has 2 amide bonds. The summed E-state index contributed by atoms with van der Waals surface area (Å²) in [5, 5.41) is 5.95. The molecule has 0 aliphatic carbocycles. The molecule has 0 unspecified atom stereocenters. The lowest BCUT2D eigenvalue weighted by Crippen LogP contribution is -2.42. The van der Waals surface area contributed by atoms with Crippen molar-refractivity contribution in [3.05, 3.63) is 91.8 Å². The Bertz CT molecular complexity index is 1290. The maximum Gasteiger partial charge on any atom is 0.224 e. The Morgan fingerprint density at radius 2 is 0.641 bits per heavy atom. The monoisotopic (exact) mass is 910 g/mol. The van der Waals surface area contributed by atoms with Gasteiger partial charge in [-0.1, -0.05) is 212 Å². The van der Waals surface area contributed by atoms with Crippen LogP contribution in [0.1, 0.15) is 219 Å². The lowest BCUT2D eigenvalue weighted by molar-refractivity contribution is -0.700. The van der Waals surface area contributed by atoms with Gasteiger partial charge >= 0.3 is 0 Å². The molecule has 0 fully saturated rings. The van der Waals surface area contributed by atoms with Crippen LogP contribution in [0, 0.1) is 0 Å². The van der Waals surface area contributed by atoms with Crippen LogP contribution in [0.25, 0.3) is 0 Å². The second-order valence-corrected chi connectivity index (χ2v) is 17.3. The summed E-state index contributed by atoms with van der Waals surface area (Å²) >= 11 is -3.11. The van der Waals surface area contributed by atoms with E-state index in [1.807, 2.05) is 88.5 Å². The van der Waals surface area contributed by atoms with Gasteiger partial charge < -0.3 is 19.7 Å². The molecule has 3 rings (SSSR count). The van der Waals surface area contributed by atoms with Crippen LogP contribution in [0.2, 0.25) is 0 Å². The van der Waals surface area contributed by atoms with E-state index in [0.717, 1.165) is 12.8 Å². The first kappa shape index (κ1) is 60.5. The molecule has 0 atom stereocenters. The molecule has 2 N–H and O–H groups in total. The molecule has 3 aromatic rings. The van der Waals surface area contributed by atoms with Gasteiger partial charge in [0.15, 0.2) is 24.8 Å². The molecule has 3 heterocycles. The SMILES string of the molecule is CCCCCCCCCCCCCCCCCC(=O)NC[n+]1ccccc1.CCCCCCCCCCCCCCCCCC(=O)NC[n+]1ccccc1.O=S([O-])[O-].c1ccncc1. The van der Waals surface area contributed by atoms with Crippen molar-refractivity contribution >= 4 is 23.2 Å². The molecule has 10 nitrogen and oxygen atoms in total. The van der Waals surface area contributed by atoms with Gasteiger partial charge in [0.2, 0.25) is 25.2 Å². The summed E-state index contributed by atoms with van der Waals surface area (Å²) in [5.74, 6) is 0.335. The van der Waals surface area contributed by atoms with Crippen LogP contribution in [0.4, 0.5) is 0 Å². The molecule has 64 heavy (non-hydrogen) atoms. The summed E-state index contributed by atoms with van der Waals surface area (Å²) in [6.45, 7) is 5.70. The Labute approximate surface area is 393 Å². The Kier molecular flexibility index (Phi) is 47.7. The van der Waals surface area contributed by atoms with Crippen molar-refractivity contribution in [2.24, 2.45) is 0 Å². The van der Waals surface area contributed by atoms with Crippen molar-refractivity contribution in [3.63, 3.8) is 0 Å². The average Bonchev–Trinajstić information content (AvgIpc) is 3.31. The maximum atomic E-state index is 11.8. The van der Waals surface area contributed by atoms with E-state index < -0.39 is 11.4 Å². The Morgan fingerprint density at radius 3 is 0.859 bits per heavy atom. The first-order chi connectivity index (χ1) is 31.4. The molecule has 0 aromatic carbocycles. The number of rotatable bonds is 36. The minimum Gasteiger partial charge on any atom is -0.784 e. The number of carbonyl (C=O) groups excluding carboxylic acids is 2. The number of nitrogens with zero attached hydrogens (tertiary/aromatic N) is 3. The largest absolute Gasteiger partial charge is 0.784 e. The predicted octanol–water partition coefficient (Wildman–Crippen LogP) is 12.7. The normalized spacial score (nSPS) is 10.5. The van der Waals surface area contributed by atoms with Gasteiger partial charge in [-0.2, -0.15) is 9.13 Å². The number of hydrogen-bond acceptors (Lipinski definition) is 6. The highest BCUT2D eigenvalue weighted by Crippen LogP contribution is 2.15. The number of aromatic nitrogens is 3. The van der Waals surface area contributed by atoms with E-state index in [9.17, 15) is 9.59 Å². The summed E-state index contributed by atoms with van der Waals surface area (Å²) < 4.78 is 29.3. The number of amides is 2. The molecule has 0 saturated carbocycles. The lowest BCUT2D eigenvalue weighted by Gasteiger charge is -2.04. The quantitative estimate of drug-likeness (QED) is 0.0338. The standard InChI is InChI=1S/2C24H42N2O.C5H5N.H2O3S/c2*1-2-3-4-5-6-7-8-9-10-11-12-13-14-15-17-20-24(27)25-23-26-21-18-16-19-22-26;1-2-4-6-5-3-1;1-4(2)3/h2*16,18-19,21-22H,2-15,17,20,23H2,1H3;1-5H;(H2,1,2,3). The van der Waals surface area contributed by atoms with Gasteiger partial charge in [-0.15, -0.1) is 11.4 Å². The van der Waals surface area contributed by atoms with Gasteiger partial charge in [0, 0.05) is 49.5 Å². The van der Waals surface area contributed by atoms with Gasteiger partial charge in [0.1, 0.15) is 0 Å². The first-order valence-corrected chi connectivity index (χ1v) is 26.4. The minimum absolute atomic E-state index is 0.168. The number of pyridine rings is 3. The Balaban J connectivity index is 0.00000102. The van der Waals surface area contributed by atoms with Crippen molar-refractivity contribution in [2.45, 2.75) is 233 Å². The predicted molar refractivity (Wildman–Crippen MR) is 263 cm³/mol. The van der Waals surface area contributed by atoms with Crippen LogP contribution in [-0.4, -0.2) is 30.1 Å². The van der Waals surface area contributed by atoms with Crippen LogP contribution in [-0.2, 0) is 34.3 Å². The average molecular weight is 910 g/mol. The highest BCUT2D eigenvalue weighted by Gasteiger charge is 2.05. The topological polar surface area (TPSA) is 142 Å². The molecule has 0 radical (unpaired) electrons. The van der Waals surface area contributed by atoms with E-state index in [2.05, 4.69) is 29.5 Å². The molecule has 0 saturated heterocycles. The van der Waals surface area contributed by atoms with E-state index in [1.165, 1.54) is 180 Å². The Morgan fingerprint density at radius 1 is 0.406 bits per heavy atom. The van der Waals surface area contributed by atoms with Crippen molar-refractivity contribution in [1.29, 1.82) is 0 Å². The van der Waals surface area contributed by atoms with Crippen LogP contribution >= 0.6 is 0 Å². The van der Waals surface area contributed by atoms with Gasteiger partial charge in [0.05, 0.1) is 0 Å². The van der Waals surface area contributed by atoms with E-state index in [4.69, 9.17) is 13.3 Å². The molecular weight excluding hydrogens is 819 g/mol. The van der Waals surface area contributed by atoms with Gasteiger partial charge in [-0.3, -0.25) is 18.8 Å². The number of carbonyl (C=O) groups is 2. The van der Waals surface area contributed by atoms with E-state index in [-0.39, 0.29) is 11.8 Å². The molecular formula is C53H91N5O5S. The summed E-state index contributed by atoms with van der Waals surface area (Å²) in [5.41, 5.74) is 0. The summed E-state index contributed by atoms with van der Waals surface area (Å²) in [4.78, 5) is 27.4. The van der Waals surface area contributed by atoms with Crippen molar-refractivity contribution in [3.8, 4) is 0 Å². The van der Waals surface area contributed by atoms with E-state index in [1.54, 1.807) is 12.4 Å². The number of nitrogens with one attached hydrogen (secondary N) is 2. The molecule has 0 bridgehead atoms. The third-order valence-corrected chi connectivity index (χ3v) is 11.1. The van der Waals surface area contributed by atoms with Crippen LogP contribution in [0.15, 0.2) is 91.8 Å². The number of hydrogen-bond donors (Lipinski definition) is 2. The minimum atomic E-state index is -3.11. The summed E-state index contributed by atoms with van der Waals surface area (Å²) in [6, 6.07) is 17.6. The van der Waals surface area contributed by atoms with Gasteiger partial charge in [-0.05, 0) is 25.0 Å². The van der Waals surface area contributed by atoms with Crippen LogP contribution < -0.4 is 19.8 Å². The highest BCUT2D eigenvalue weighted by atomic mass is 32.2. The fourth-order valence-corrected chi connectivity index (χ4v) is 7.24. The van der Waals surface area contributed by atoms with Crippen molar-refractivity contribution < 1.29 is 32.0 Å². The zero-order valence-electron chi connectivity index (χ0n) is 40.5. The van der Waals surface area contributed by atoms with Gasteiger partial charge in [0.25, 0.3) is 0 Å². The molecule has 0 aliphatic rings. The molecule has 364 valence electrons. The summed E-state index contributed by atoms with van der Waals surface area (Å²) in [7, 11) is 0. The third kappa shape index (κ3) is 49.5. The maximum absolute atomic E-state index is 11.8. The van der Waals surface area contributed by atoms with Crippen LogP contribution in [0.5, 0.6) is 0 Å². The van der Waals surface area contributed by atoms with Gasteiger partial charge in [-0.25, -0.2) is 0 Å². The molecule has 3 aromatic heterocycles. The van der Waals surface area contributed by atoms with Crippen molar-refractivity contribution in [2.75, 3.05) is 0 Å². The van der Waals surface area contributed by atoms with E-state index >= 15 is 0 Å². The fraction of sp³-hybridized carbons (Fsp3) is 0.679. The Hall–Kier alpha value is -3.54. The smallest absolute Gasteiger partial charge is 0.224 e. The first-order valence-electron chi connectivity index (χ1n) is 25.4. The zero-order valence-corrected chi connectivity index (χ0v) is 41.3. The highest BCUT2D eigenvalue weighted by molar-refractivity contribution is 7.72. The van der Waals surface area contributed by atoms with Crippen LogP contribution in [0.3, 0.4) is 0 Å². The summed E-state index contributed by atoms with van der Waals surface area (Å²) in [6.07, 6.45) is 53.4. The third-order valence-electron chi connectivity index (χ3n) is 11.1. The number of unbranched alkanes of at least 4 members (excludes halogenated alkanes) is 28. The molecule has 0 spiro atoms. The van der Waals surface area contributed by atoms with E-state index in [0.29, 0.717) is 26.2 Å². The second-order valence-electron chi connectivity index (χ2n) is 16.9. The molecule has 0 aliphatic heterocycles. The second kappa shape index (κ2) is 50.5. The van der Waals surface area contributed by atoms with Crippen molar-refractivity contribution in [1.82, 2.24) is 15.6 Å². The fourth-order valence-electron chi connectivity index (χ4n) is 7.24. The molecule has 11 heteroatoms. The zero-order chi connectivity index (χ0) is 46.7. The lowest BCUT2D eigenvalue weighted by atomic mass is 10.0.